The van der Waals surface area contributed by atoms with Gasteiger partial charge in [0.05, 0.1) is 17.4 Å². The number of nitrogens with one attached hydrogen (secondary N) is 1. The smallest absolute Gasteiger partial charge is 0.254 e. The molecule has 0 aromatic carbocycles. The third-order valence-corrected chi connectivity index (χ3v) is 4.09. The van der Waals surface area contributed by atoms with Crippen molar-refractivity contribution in [2.75, 3.05) is 6.54 Å². The third kappa shape index (κ3) is 3.35. The maximum absolute atomic E-state index is 12.1. The average Bonchev–Trinajstić information content (AvgIpc) is 2.61. The van der Waals surface area contributed by atoms with Gasteiger partial charge in [-0.1, -0.05) is 25.7 Å². The lowest BCUT2D eigenvalue weighted by Gasteiger charge is -2.26. The summed E-state index contributed by atoms with van der Waals surface area (Å²) in [6.07, 6.45) is 7.56. The maximum atomic E-state index is 12.1. The number of aromatic nitrogens is 2. The van der Waals surface area contributed by atoms with Gasteiger partial charge < -0.3 is 10.4 Å². The minimum absolute atomic E-state index is 0.150. The molecule has 0 aliphatic heterocycles. The molecule has 1 amide bonds. The number of aliphatic hydroxyl groups is 1. The molecule has 0 saturated heterocycles. The lowest BCUT2D eigenvalue weighted by molar-refractivity contribution is 0.0246. The Morgan fingerprint density at radius 1 is 1.42 bits per heavy atom. The van der Waals surface area contributed by atoms with Gasteiger partial charge in [0.15, 0.2) is 0 Å². The van der Waals surface area contributed by atoms with Gasteiger partial charge in [-0.2, -0.15) is 5.10 Å². The van der Waals surface area contributed by atoms with Crippen molar-refractivity contribution in [2.45, 2.75) is 51.0 Å². The van der Waals surface area contributed by atoms with Crippen molar-refractivity contribution in [1.29, 1.82) is 0 Å². The molecule has 0 unspecified atom stereocenters. The van der Waals surface area contributed by atoms with Crippen LogP contribution in [0.5, 0.6) is 0 Å². The average molecular weight is 265 g/mol. The Hall–Kier alpha value is -1.36. The van der Waals surface area contributed by atoms with E-state index in [9.17, 15) is 9.90 Å². The molecule has 1 saturated carbocycles. The molecule has 1 aliphatic rings. The predicted octanol–water partition coefficient (Wildman–Crippen LogP) is 1.54. The Kier molecular flexibility index (Phi) is 4.24. The van der Waals surface area contributed by atoms with Gasteiger partial charge in [-0.15, -0.1) is 0 Å². The van der Waals surface area contributed by atoms with Gasteiger partial charge in [-0.25, -0.2) is 0 Å². The Morgan fingerprint density at radius 3 is 2.58 bits per heavy atom. The van der Waals surface area contributed by atoms with E-state index in [0.717, 1.165) is 31.4 Å². The number of hydrogen-bond acceptors (Lipinski definition) is 3. The van der Waals surface area contributed by atoms with Gasteiger partial charge in [0, 0.05) is 19.3 Å². The number of aryl methyl sites for hydroxylation is 1. The number of rotatable bonds is 3. The number of nitrogens with zero attached hydrogens (tertiary/aromatic N) is 2. The van der Waals surface area contributed by atoms with E-state index in [1.807, 2.05) is 14.0 Å². The highest BCUT2D eigenvalue weighted by molar-refractivity contribution is 5.95. The molecule has 5 heteroatoms. The molecule has 106 valence electrons. The second kappa shape index (κ2) is 5.74. The Labute approximate surface area is 114 Å². The molecule has 1 heterocycles. The summed E-state index contributed by atoms with van der Waals surface area (Å²) in [5.41, 5.74) is 0.688. The van der Waals surface area contributed by atoms with E-state index in [1.165, 1.54) is 12.8 Å². The van der Waals surface area contributed by atoms with Gasteiger partial charge in [0.25, 0.3) is 5.91 Å². The highest BCUT2D eigenvalue weighted by Crippen LogP contribution is 2.26. The van der Waals surface area contributed by atoms with Crippen LogP contribution in [0.15, 0.2) is 6.20 Å². The van der Waals surface area contributed by atoms with Crippen LogP contribution in [-0.4, -0.2) is 32.9 Å². The van der Waals surface area contributed by atoms with Crippen molar-refractivity contribution in [3.05, 3.63) is 17.5 Å². The predicted molar refractivity (Wildman–Crippen MR) is 72.9 cm³/mol. The van der Waals surface area contributed by atoms with Crippen molar-refractivity contribution in [2.24, 2.45) is 7.05 Å². The van der Waals surface area contributed by atoms with Crippen molar-refractivity contribution in [3.8, 4) is 0 Å². The monoisotopic (exact) mass is 265 g/mol. The first-order valence-corrected chi connectivity index (χ1v) is 7.01. The summed E-state index contributed by atoms with van der Waals surface area (Å²) in [6, 6.07) is 0. The molecule has 2 N–H and O–H groups in total. The molecule has 0 radical (unpaired) electrons. The SMILES string of the molecule is Cc1c(C(=O)NCC2(O)CCCCCC2)cnn1C. The fourth-order valence-corrected chi connectivity index (χ4v) is 2.63. The highest BCUT2D eigenvalue weighted by atomic mass is 16.3. The van der Waals surface area contributed by atoms with Crippen LogP contribution >= 0.6 is 0 Å². The highest BCUT2D eigenvalue weighted by Gasteiger charge is 2.28. The van der Waals surface area contributed by atoms with Crippen LogP contribution in [0.2, 0.25) is 0 Å². The summed E-state index contributed by atoms with van der Waals surface area (Å²) >= 11 is 0. The zero-order chi connectivity index (χ0) is 13.9. The van der Waals surface area contributed by atoms with Crippen molar-refractivity contribution >= 4 is 5.91 Å². The first kappa shape index (κ1) is 14.1. The molecule has 5 nitrogen and oxygen atoms in total. The van der Waals surface area contributed by atoms with E-state index in [2.05, 4.69) is 10.4 Å². The molecule has 0 bridgehead atoms. The second-order valence-corrected chi connectivity index (χ2v) is 5.59. The molecule has 19 heavy (non-hydrogen) atoms. The standard InChI is InChI=1S/C14H23N3O2/c1-11-12(9-16-17(11)2)13(18)15-10-14(19)7-5-3-4-6-8-14/h9,19H,3-8,10H2,1-2H3,(H,15,18). The number of hydrogen-bond donors (Lipinski definition) is 2. The molecule has 1 fully saturated rings. The molecular formula is C14H23N3O2. The summed E-state index contributed by atoms with van der Waals surface area (Å²) in [6.45, 7) is 2.20. The molecule has 0 spiro atoms. The fraction of sp³-hybridized carbons (Fsp3) is 0.714. The van der Waals surface area contributed by atoms with E-state index in [4.69, 9.17) is 0 Å². The number of amides is 1. The minimum atomic E-state index is -0.734. The second-order valence-electron chi connectivity index (χ2n) is 5.59. The maximum Gasteiger partial charge on any atom is 0.254 e. The Morgan fingerprint density at radius 2 is 2.05 bits per heavy atom. The summed E-state index contributed by atoms with van der Waals surface area (Å²) in [7, 11) is 1.81. The van der Waals surface area contributed by atoms with Crippen molar-refractivity contribution in [1.82, 2.24) is 15.1 Å². The largest absolute Gasteiger partial charge is 0.388 e. The van der Waals surface area contributed by atoms with Crippen LogP contribution in [0, 0.1) is 6.92 Å². The minimum Gasteiger partial charge on any atom is -0.388 e. The molecular weight excluding hydrogens is 242 g/mol. The summed E-state index contributed by atoms with van der Waals surface area (Å²) in [5.74, 6) is -0.150. The van der Waals surface area contributed by atoms with Crippen LogP contribution in [0.25, 0.3) is 0 Å². The van der Waals surface area contributed by atoms with E-state index in [0.29, 0.717) is 12.1 Å². The lowest BCUT2D eigenvalue weighted by Crippen LogP contribution is -2.42. The van der Waals surface area contributed by atoms with E-state index in [-0.39, 0.29) is 5.91 Å². The van der Waals surface area contributed by atoms with Gasteiger partial charge in [0.2, 0.25) is 0 Å². The van der Waals surface area contributed by atoms with E-state index < -0.39 is 5.60 Å². The molecule has 1 aromatic heterocycles. The Bertz CT molecular complexity index is 446. The van der Waals surface area contributed by atoms with Gasteiger partial charge in [0.1, 0.15) is 0 Å². The normalized spacial score (nSPS) is 18.9. The quantitative estimate of drug-likeness (QED) is 0.815. The first-order chi connectivity index (χ1) is 9.02. The van der Waals surface area contributed by atoms with Crippen LogP contribution in [0.1, 0.15) is 54.6 Å². The van der Waals surface area contributed by atoms with Gasteiger partial charge >= 0.3 is 0 Å². The van der Waals surface area contributed by atoms with Crippen molar-refractivity contribution in [3.63, 3.8) is 0 Å². The summed E-state index contributed by atoms with van der Waals surface area (Å²) in [5, 5.41) is 17.4. The molecule has 1 aromatic rings. The first-order valence-electron chi connectivity index (χ1n) is 7.01. The van der Waals surface area contributed by atoms with Crippen LogP contribution < -0.4 is 5.32 Å². The zero-order valence-electron chi connectivity index (χ0n) is 11.8. The third-order valence-electron chi connectivity index (χ3n) is 4.09. The van der Waals surface area contributed by atoms with Crippen LogP contribution in [-0.2, 0) is 7.05 Å². The zero-order valence-corrected chi connectivity index (χ0v) is 11.8. The fourth-order valence-electron chi connectivity index (χ4n) is 2.63. The number of carbonyl (C=O) groups is 1. The Balaban J connectivity index is 1.94. The van der Waals surface area contributed by atoms with Crippen molar-refractivity contribution < 1.29 is 9.90 Å². The lowest BCUT2D eigenvalue weighted by atomic mass is 9.94. The molecule has 1 aliphatic carbocycles. The number of carbonyl (C=O) groups excluding carboxylic acids is 1. The topological polar surface area (TPSA) is 67.2 Å². The molecule has 2 rings (SSSR count). The molecule has 0 atom stereocenters. The van der Waals surface area contributed by atoms with Gasteiger partial charge in [-0.05, 0) is 19.8 Å². The van der Waals surface area contributed by atoms with E-state index >= 15 is 0 Å². The van der Waals surface area contributed by atoms with Crippen LogP contribution in [0.4, 0.5) is 0 Å². The van der Waals surface area contributed by atoms with Gasteiger partial charge in [-0.3, -0.25) is 9.48 Å². The summed E-state index contributed by atoms with van der Waals surface area (Å²) in [4.78, 5) is 12.1. The summed E-state index contributed by atoms with van der Waals surface area (Å²) < 4.78 is 1.68. The van der Waals surface area contributed by atoms with E-state index in [1.54, 1.807) is 10.9 Å². The van der Waals surface area contributed by atoms with Crippen LogP contribution in [0.3, 0.4) is 0 Å².